The zero-order valence-electron chi connectivity index (χ0n) is 18.1. The number of aromatic nitrogens is 4. The fourth-order valence-electron chi connectivity index (χ4n) is 4.36. The Hall–Kier alpha value is -3.51. The normalized spacial score (nSPS) is 11.5. The van der Waals surface area contributed by atoms with Crippen molar-refractivity contribution in [3.8, 4) is 16.8 Å². The van der Waals surface area contributed by atoms with E-state index in [9.17, 15) is 4.79 Å². The van der Waals surface area contributed by atoms with Gasteiger partial charge in [0.15, 0.2) is 0 Å². The fourth-order valence-corrected chi connectivity index (χ4v) is 5.10. The Morgan fingerprint density at radius 1 is 0.800 bits per heavy atom. The number of benzene rings is 4. The Balaban J connectivity index is 1.42. The first-order valence-corrected chi connectivity index (χ1v) is 12.0. The van der Waals surface area contributed by atoms with E-state index in [1.54, 1.807) is 12.4 Å². The Bertz CT molecular complexity index is 1800. The van der Waals surface area contributed by atoms with Gasteiger partial charge in [0.05, 0.1) is 21.6 Å². The van der Waals surface area contributed by atoms with Crippen LogP contribution in [0, 0.1) is 0 Å². The fraction of sp³-hybridized carbons (Fsp3) is 0.0370. The van der Waals surface area contributed by atoms with Gasteiger partial charge in [0.2, 0.25) is 0 Å². The average Bonchev–Trinajstić information content (AvgIpc) is 3.43. The maximum atomic E-state index is 11.7. The second-order valence-corrected chi connectivity index (χ2v) is 9.61. The van der Waals surface area contributed by atoms with Gasteiger partial charge < -0.3 is 9.97 Å². The molecule has 6 rings (SSSR count). The summed E-state index contributed by atoms with van der Waals surface area (Å²) in [4.78, 5) is 21.8. The predicted molar refractivity (Wildman–Crippen MR) is 143 cm³/mol. The van der Waals surface area contributed by atoms with Gasteiger partial charge in [-0.25, -0.2) is 9.78 Å². The van der Waals surface area contributed by atoms with Crippen molar-refractivity contribution in [1.82, 2.24) is 19.5 Å². The van der Waals surface area contributed by atoms with Crippen LogP contribution < -0.4 is 5.69 Å². The summed E-state index contributed by atoms with van der Waals surface area (Å²) in [7, 11) is 0. The number of nitrogens with zero attached hydrogens (tertiary/aromatic N) is 2. The number of H-pyrrole nitrogens is 2. The molecule has 4 aromatic carbocycles. The number of halogens is 3. The van der Waals surface area contributed by atoms with Gasteiger partial charge in [0, 0.05) is 15.7 Å². The summed E-state index contributed by atoms with van der Waals surface area (Å²) in [6.45, 7) is 0. The summed E-state index contributed by atoms with van der Waals surface area (Å²) < 4.78 is 1.97. The van der Waals surface area contributed by atoms with Gasteiger partial charge in [0.1, 0.15) is 11.8 Å². The molecule has 2 N–H and O–H groups in total. The van der Waals surface area contributed by atoms with Gasteiger partial charge in [-0.05, 0) is 71.1 Å². The van der Waals surface area contributed by atoms with Crippen LogP contribution >= 0.6 is 34.8 Å². The molecule has 0 amide bonds. The number of hydrogen-bond acceptors (Lipinski definition) is 2. The molecule has 0 bridgehead atoms. The Labute approximate surface area is 214 Å². The summed E-state index contributed by atoms with van der Waals surface area (Å²) >= 11 is 19.1. The van der Waals surface area contributed by atoms with Crippen molar-refractivity contribution in [1.29, 1.82) is 0 Å². The van der Waals surface area contributed by atoms with Crippen LogP contribution in [0.25, 0.3) is 38.9 Å². The minimum Gasteiger partial charge on any atom is -0.306 e. The van der Waals surface area contributed by atoms with Crippen molar-refractivity contribution < 1.29 is 0 Å². The number of aromatic amines is 2. The van der Waals surface area contributed by atoms with Gasteiger partial charge in [-0.1, -0.05) is 65.1 Å². The van der Waals surface area contributed by atoms with Crippen LogP contribution in [-0.4, -0.2) is 19.5 Å². The van der Waals surface area contributed by atoms with E-state index in [-0.39, 0.29) is 5.69 Å². The average molecular weight is 520 g/mol. The van der Waals surface area contributed by atoms with E-state index in [4.69, 9.17) is 34.8 Å². The van der Waals surface area contributed by atoms with Crippen LogP contribution in [0.4, 0.5) is 0 Å². The van der Waals surface area contributed by atoms with Gasteiger partial charge in [-0.2, -0.15) is 0 Å². The van der Waals surface area contributed by atoms with Crippen molar-refractivity contribution in [3.05, 3.63) is 116 Å². The van der Waals surface area contributed by atoms with Crippen molar-refractivity contribution in [3.63, 3.8) is 0 Å². The molecule has 0 fully saturated rings. The summed E-state index contributed by atoms with van der Waals surface area (Å²) in [5.41, 5.74) is 7.84. The molecule has 172 valence electrons. The van der Waals surface area contributed by atoms with E-state index >= 15 is 0 Å². The second-order valence-electron chi connectivity index (χ2n) is 8.36. The molecule has 2 aromatic heterocycles. The number of hydrogen-bond donors (Lipinski definition) is 2. The smallest absolute Gasteiger partial charge is 0.306 e. The van der Waals surface area contributed by atoms with Gasteiger partial charge in [-0.15, -0.1) is 0 Å². The highest BCUT2D eigenvalue weighted by atomic mass is 35.5. The Kier molecular flexibility index (Phi) is 5.41. The van der Waals surface area contributed by atoms with E-state index in [1.165, 1.54) is 0 Å². The molecule has 0 aliphatic carbocycles. The largest absolute Gasteiger partial charge is 0.323 e. The van der Waals surface area contributed by atoms with Gasteiger partial charge in [0.25, 0.3) is 0 Å². The lowest BCUT2D eigenvalue weighted by Gasteiger charge is -2.10. The maximum Gasteiger partial charge on any atom is 0.323 e. The molecule has 0 spiro atoms. The van der Waals surface area contributed by atoms with Gasteiger partial charge >= 0.3 is 5.69 Å². The lowest BCUT2D eigenvalue weighted by Crippen LogP contribution is -1.99. The Morgan fingerprint density at radius 3 is 2.51 bits per heavy atom. The highest BCUT2D eigenvalue weighted by Crippen LogP contribution is 2.33. The first kappa shape index (κ1) is 22.0. The monoisotopic (exact) mass is 518 g/mol. The second kappa shape index (κ2) is 8.61. The van der Waals surface area contributed by atoms with E-state index in [1.807, 2.05) is 47.0 Å². The third kappa shape index (κ3) is 4.12. The number of nitrogens with one attached hydrogen (secondary N) is 2. The highest BCUT2D eigenvalue weighted by molar-refractivity contribution is 6.35. The van der Waals surface area contributed by atoms with E-state index in [0.29, 0.717) is 27.0 Å². The van der Waals surface area contributed by atoms with Crippen LogP contribution in [0.1, 0.15) is 11.1 Å². The number of fused-ring (bicyclic) bond motifs is 2. The van der Waals surface area contributed by atoms with Crippen molar-refractivity contribution in [2.24, 2.45) is 0 Å². The molecule has 0 atom stereocenters. The highest BCUT2D eigenvalue weighted by Gasteiger charge is 2.13. The van der Waals surface area contributed by atoms with Gasteiger partial charge in [-0.3, -0.25) is 4.57 Å². The molecule has 8 heteroatoms. The van der Waals surface area contributed by atoms with Crippen molar-refractivity contribution in [2.75, 3.05) is 0 Å². The lowest BCUT2D eigenvalue weighted by atomic mass is 9.99. The lowest BCUT2D eigenvalue weighted by molar-refractivity contribution is 1.09. The van der Waals surface area contributed by atoms with E-state index < -0.39 is 0 Å². The van der Waals surface area contributed by atoms with Crippen molar-refractivity contribution >= 4 is 56.9 Å². The van der Waals surface area contributed by atoms with Crippen LogP contribution in [-0.2, 0) is 6.42 Å². The molecule has 5 nitrogen and oxygen atoms in total. The standard InChI is InChI=1S/C27H17Cl3N4O/c28-19-5-4-17(21(29)12-19)9-15-2-1-3-16(8-15)18-10-22(30)26-25(11-18)34(14-31-26)20-6-7-23-24(13-20)33-27(35)32-23/h1-8,10-14H,9H2,(H2,32,33,35). The molecule has 0 unspecified atom stereocenters. The molecule has 6 aromatic rings. The summed E-state index contributed by atoms with van der Waals surface area (Å²) in [6.07, 6.45) is 2.43. The van der Waals surface area contributed by atoms with Crippen LogP contribution in [0.3, 0.4) is 0 Å². The van der Waals surface area contributed by atoms with Crippen molar-refractivity contribution in [2.45, 2.75) is 6.42 Å². The van der Waals surface area contributed by atoms with Crippen LogP contribution in [0.2, 0.25) is 15.1 Å². The summed E-state index contributed by atoms with van der Waals surface area (Å²) in [6, 6.07) is 23.6. The Morgan fingerprint density at radius 2 is 1.66 bits per heavy atom. The third-order valence-electron chi connectivity index (χ3n) is 6.05. The molecule has 0 radical (unpaired) electrons. The molecule has 0 aliphatic heterocycles. The zero-order chi connectivity index (χ0) is 24.1. The number of imidazole rings is 2. The van der Waals surface area contributed by atoms with E-state index in [2.05, 4.69) is 39.2 Å². The van der Waals surface area contributed by atoms with E-state index in [0.717, 1.165) is 44.5 Å². The minimum absolute atomic E-state index is 0.238. The molecule has 0 saturated carbocycles. The summed E-state index contributed by atoms with van der Waals surface area (Å²) in [5, 5.41) is 1.84. The minimum atomic E-state index is -0.238. The predicted octanol–water partition coefficient (Wildman–Crippen LogP) is 7.41. The number of rotatable bonds is 4. The molecule has 35 heavy (non-hydrogen) atoms. The molecule has 0 aliphatic rings. The SMILES string of the molecule is O=c1[nH]c2ccc(-n3cnc4c(Cl)cc(-c5cccc(Cc6ccc(Cl)cc6Cl)c5)cc43)cc2[nH]1. The molecule has 0 saturated heterocycles. The first-order valence-electron chi connectivity index (χ1n) is 10.9. The molecular weight excluding hydrogens is 503 g/mol. The summed E-state index contributed by atoms with van der Waals surface area (Å²) in [5.74, 6) is 0. The quantitative estimate of drug-likeness (QED) is 0.255. The van der Waals surface area contributed by atoms with Crippen LogP contribution in [0.15, 0.2) is 83.9 Å². The molecule has 2 heterocycles. The van der Waals surface area contributed by atoms with Crippen LogP contribution in [0.5, 0.6) is 0 Å². The topological polar surface area (TPSA) is 66.5 Å². The zero-order valence-corrected chi connectivity index (χ0v) is 20.4. The third-order valence-corrected chi connectivity index (χ3v) is 6.93. The molecular formula is C27H17Cl3N4O. The maximum absolute atomic E-state index is 11.7. The first-order chi connectivity index (χ1) is 16.9.